The summed E-state index contributed by atoms with van der Waals surface area (Å²) in [4.78, 5) is 24.8. The Hall–Kier alpha value is -3.41. The largest absolute Gasteiger partial charge is 0.489 e. The maximum Gasteiger partial charge on any atom is 0.310 e. The second-order valence-corrected chi connectivity index (χ2v) is 7.46. The molecule has 0 aliphatic rings. The highest BCUT2D eigenvalue weighted by Gasteiger charge is 2.19. The van der Waals surface area contributed by atoms with E-state index in [2.05, 4.69) is 12.1 Å². The van der Waals surface area contributed by atoms with Gasteiger partial charge in [0.1, 0.15) is 18.1 Å². The second kappa shape index (κ2) is 10.1. The van der Waals surface area contributed by atoms with E-state index < -0.39 is 12.1 Å². The van der Waals surface area contributed by atoms with E-state index in [1.165, 1.54) is 0 Å². The van der Waals surface area contributed by atoms with Gasteiger partial charge in [0.25, 0.3) is 0 Å². The van der Waals surface area contributed by atoms with Crippen LogP contribution in [-0.2, 0) is 29.0 Å². The van der Waals surface area contributed by atoms with Gasteiger partial charge in [0, 0.05) is 5.56 Å². The summed E-state index contributed by atoms with van der Waals surface area (Å²) in [6, 6.07) is 14.6. The van der Waals surface area contributed by atoms with Gasteiger partial charge in [-0.1, -0.05) is 48.5 Å². The highest BCUT2D eigenvalue weighted by atomic mass is 16.5. The molecule has 162 valence electrons. The van der Waals surface area contributed by atoms with Crippen molar-refractivity contribution in [3.05, 3.63) is 82.2 Å². The minimum atomic E-state index is -0.836. The van der Waals surface area contributed by atoms with Gasteiger partial charge in [-0.3, -0.25) is 9.59 Å². The molecule has 6 nitrogen and oxygen atoms in total. The molecule has 0 unspecified atom stereocenters. The number of carbonyl (C=O) groups is 2. The van der Waals surface area contributed by atoms with Crippen LogP contribution < -0.4 is 4.74 Å². The predicted octanol–water partition coefficient (Wildman–Crippen LogP) is 4.79. The molecule has 0 amide bonds. The number of aromatic nitrogens is 1. The summed E-state index contributed by atoms with van der Waals surface area (Å²) in [5, 5.41) is 3.91. The summed E-state index contributed by atoms with van der Waals surface area (Å²) >= 11 is 0. The van der Waals surface area contributed by atoms with E-state index in [1.54, 1.807) is 43.3 Å². The molecule has 0 bridgehead atoms. The van der Waals surface area contributed by atoms with Crippen molar-refractivity contribution in [2.45, 2.75) is 53.2 Å². The van der Waals surface area contributed by atoms with Crippen molar-refractivity contribution < 1.29 is 23.6 Å². The van der Waals surface area contributed by atoms with Gasteiger partial charge in [-0.05, 0) is 50.5 Å². The minimum Gasteiger partial charge on any atom is -0.489 e. The molecule has 2 aromatic carbocycles. The summed E-state index contributed by atoms with van der Waals surface area (Å²) < 4.78 is 16.2. The van der Waals surface area contributed by atoms with Crippen LogP contribution in [0.3, 0.4) is 0 Å². The van der Waals surface area contributed by atoms with E-state index >= 15 is 0 Å². The fraction of sp³-hybridized carbons (Fsp3) is 0.320. The number of ether oxygens (including phenoxy) is 2. The Labute approximate surface area is 182 Å². The number of esters is 1. The smallest absolute Gasteiger partial charge is 0.310 e. The molecule has 0 fully saturated rings. The Balaban J connectivity index is 1.51. The van der Waals surface area contributed by atoms with E-state index in [1.807, 2.05) is 26.0 Å². The molecule has 0 radical (unpaired) electrons. The summed E-state index contributed by atoms with van der Waals surface area (Å²) in [6.45, 7) is 7.73. The van der Waals surface area contributed by atoms with Crippen LogP contribution in [0.2, 0.25) is 0 Å². The zero-order valence-corrected chi connectivity index (χ0v) is 18.3. The highest BCUT2D eigenvalue weighted by Crippen LogP contribution is 2.18. The number of rotatable bonds is 9. The van der Waals surface area contributed by atoms with Gasteiger partial charge in [-0.25, -0.2) is 0 Å². The normalized spacial score (nSPS) is 11.7. The minimum absolute atomic E-state index is 0.0799. The lowest BCUT2D eigenvalue weighted by Crippen LogP contribution is -2.25. The Bertz CT molecular complexity index is 1020. The fourth-order valence-corrected chi connectivity index (χ4v) is 3.17. The van der Waals surface area contributed by atoms with Crippen LogP contribution in [0.1, 0.15) is 52.3 Å². The molecule has 1 aromatic heterocycles. The van der Waals surface area contributed by atoms with Crippen molar-refractivity contribution in [2.24, 2.45) is 0 Å². The van der Waals surface area contributed by atoms with Crippen molar-refractivity contribution in [3.8, 4) is 5.75 Å². The summed E-state index contributed by atoms with van der Waals surface area (Å²) in [7, 11) is 0. The van der Waals surface area contributed by atoms with Gasteiger partial charge in [0.15, 0.2) is 6.10 Å². The van der Waals surface area contributed by atoms with Gasteiger partial charge in [0.2, 0.25) is 5.78 Å². The lowest BCUT2D eigenvalue weighted by molar-refractivity contribution is -0.145. The quantitative estimate of drug-likeness (QED) is 0.365. The first-order chi connectivity index (χ1) is 14.9. The van der Waals surface area contributed by atoms with E-state index in [0.29, 0.717) is 17.9 Å². The van der Waals surface area contributed by atoms with Crippen LogP contribution in [0, 0.1) is 13.8 Å². The van der Waals surface area contributed by atoms with Crippen molar-refractivity contribution in [1.29, 1.82) is 0 Å². The molecule has 0 aliphatic heterocycles. The summed E-state index contributed by atoms with van der Waals surface area (Å²) in [5.41, 5.74) is 4.21. The van der Waals surface area contributed by atoms with Gasteiger partial charge in [-0.2, -0.15) is 0 Å². The monoisotopic (exact) mass is 421 g/mol. The first-order valence-electron chi connectivity index (χ1n) is 10.3. The molecule has 0 N–H and O–H groups in total. The number of hydrogen-bond donors (Lipinski definition) is 0. The molecule has 0 aliphatic carbocycles. The molecule has 0 saturated carbocycles. The lowest BCUT2D eigenvalue weighted by atomic mass is 10.0. The number of hydrogen-bond acceptors (Lipinski definition) is 6. The second-order valence-electron chi connectivity index (χ2n) is 7.46. The van der Waals surface area contributed by atoms with E-state index in [0.717, 1.165) is 34.6 Å². The molecule has 6 heteroatoms. The van der Waals surface area contributed by atoms with Crippen molar-refractivity contribution in [2.75, 3.05) is 0 Å². The SMILES string of the molecule is CCc1ccc(C(=O)[C@@H](C)OC(=O)Cc2ccc(OCc3c(C)noc3C)cc2)cc1. The topological polar surface area (TPSA) is 78.6 Å². The maximum atomic E-state index is 12.5. The van der Waals surface area contributed by atoms with Crippen LogP contribution in [0.4, 0.5) is 0 Å². The standard InChI is InChI=1S/C25H27NO5/c1-5-19-6-10-21(11-7-19)25(28)18(4)30-24(27)14-20-8-12-22(13-9-20)29-15-23-16(2)26-31-17(23)3/h6-13,18H,5,14-15H2,1-4H3/t18-/m1/s1. The molecule has 1 heterocycles. The van der Waals surface area contributed by atoms with Crippen LogP contribution in [0.5, 0.6) is 5.75 Å². The molecule has 0 saturated heterocycles. The van der Waals surface area contributed by atoms with E-state index in [9.17, 15) is 9.59 Å². The predicted molar refractivity (Wildman–Crippen MR) is 116 cm³/mol. The first kappa shape index (κ1) is 22.3. The third-order valence-corrected chi connectivity index (χ3v) is 5.16. The number of nitrogens with zero attached hydrogens (tertiary/aromatic N) is 1. The Morgan fingerprint density at radius 1 is 1.00 bits per heavy atom. The zero-order chi connectivity index (χ0) is 22.4. The van der Waals surface area contributed by atoms with Crippen molar-refractivity contribution in [1.82, 2.24) is 5.16 Å². The maximum absolute atomic E-state index is 12.5. The Morgan fingerprint density at radius 2 is 1.65 bits per heavy atom. The van der Waals surface area contributed by atoms with Crippen LogP contribution in [-0.4, -0.2) is 23.0 Å². The number of ketones is 1. The average Bonchev–Trinajstić information content (AvgIpc) is 3.10. The van der Waals surface area contributed by atoms with Crippen LogP contribution in [0.25, 0.3) is 0 Å². The third kappa shape index (κ3) is 5.81. The van der Waals surface area contributed by atoms with E-state index in [4.69, 9.17) is 14.0 Å². The number of carbonyl (C=O) groups excluding carboxylic acids is 2. The van der Waals surface area contributed by atoms with Gasteiger partial charge in [-0.15, -0.1) is 0 Å². The molecular formula is C25H27NO5. The van der Waals surface area contributed by atoms with E-state index in [-0.39, 0.29) is 12.2 Å². The van der Waals surface area contributed by atoms with Gasteiger partial charge in [0.05, 0.1) is 17.7 Å². The van der Waals surface area contributed by atoms with Gasteiger partial charge >= 0.3 is 5.97 Å². The summed E-state index contributed by atoms with van der Waals surface area (Å²) in [6.07, 6.45) is 0.150. The first-order valence-corrected chi connectivity index (χ1v) is 10.3. The average molecular weight is 421 g/mol. The number of benzene rings is 2. The Morgan fingerprint density at radius 3 is 2.23 bits per heavy atom. The molecular weight excluding hydrogens is 394 g/mol. The van der Waals surface area contributed by atoms with Crippen molar-refractivity contribution in [3.63, 3.8) is 0 Å². The molecule has 3 rings (SSSR count). The highest BCUT2D eigenvalue weighted by molar-refractivity contribution is 6.00. The molecule has 0 spiro atoms. The van der Waals surface area contributed by atoms with Crippen LogP contribution in [0.15, 0.2) is 53.1 Å². The van der Waals surface area contributed by atoms with Crippen molar-refractivity contribution >= 4 is 11.8 Å². The van der Waals surface area contributed by atoms with Crippen LogP contribution >= 0.6 is 0 Å². The lowest BCUT2D eigenvalue weighted by Gasteiger charge is -2.13. The zero-order valence-electron chi connectivity index (χ0n) is 18.3. The fourth-order valence-electron chi connectivity index (χ4n) is 3.17. The summed E-state index contributed by atoms with van der Waals surface area (Å²) in [5.74, 6) is 0.757. The number of Topliss-reactive ketones (excluding diaryl/α,β-unsaturated/α-hetero) is 1. The molecule has 31 heavy (non-hydrogen) atoms. The third-order valence-electron chi connectivity index (χ3n) is 5.16. The molecule has 3 aromatic rings. The molecule has 1 atom stereocenters. The Kier molecular flexibility index (Phi) is 7.23. The number of aryl methyl sites for hydroxylation is 3. The van der Waals surface area contributed by atoms with Gasteiger partial charge < -0.3 is 14.0 Å².